The largest absolute Gasteiger partial charge is 0.383 e. The number of aromatic nitrogens is 2. The molecule has 2 rings (SSSR count). The lowest BCUT2D eigenvalue weighted by Crippen LogP contribution is -2.38. The van der Waals surface area contributed by atoms with Crippen LogP contribution in [-0.2, 0) is 7.05 Å². The second-order valence-corrected chi connectivity index (χ2v) is 5.72. The summed E-state index contributed by atoms with van der Waals surface area (Å²) in [5.74, 6) is 1.78. The van der Waals surface area contributed by atoms with Crippen LogP contribution in [-0.4, -0.2) is 22.6 Å². The van der Waals surface area contributed by atoms with Gasteiger partial charge in [0, 0.05) is 20.1 Å². The van der Waals surface area contributed by atoms with Gasteiger partial charge in [-0.2, -0.15) is 4.98 Å². The second-order valence-electron chi connectivity index (χ2n) is 4.64. The number of rotatable bonds is 1. The van der Waals surface area contributed by atoms with E-state index in [0.29, 0.717) is 15.3 Å². The fraction of sp³-hybridized carbons (Fsp3) is 0.636. The number of nitrogen functional groups attached to an aromatic ring is 1. The first-order valence-corrected chi connectivity index (χ1v) is 6.85. The molecular weight excluding hydrogens is 331 g/mol. The Bertz CT molecular complexity index is 477. The van der Waals surface area contributed by atoms with Crippen LogP contribution in [0.5, 0.6) is 0 Å². The van der Waals surface area contributed by atoms with Gasteiger partial charge in [-0.1, -0.05) is 6.92 Å². The van der Waals surface area contributed by atoms with Gasteiger partial charge in [-0.25, -0.2) is 0 Å². The van der Waals surface area contributed by atoms with Gasteiger partial charge in [0.25, 0.3) is 5.56 Å². The summed E-state index contributed by atoms with van der Waals surface area (Å²) in [4.78, 5) is 18.4. The lowest BCUT2D eigenvalue weighted by molar-refractivity contribution is 0.431. The van der Waals surface area contributed by atoms with Crippen LogP contribution in [0, 0.1) is 9.49 Å². The number of halogens is 1. The number of nitrogens with zero attached hydrogens (tertiary/aromatic N) is 3. The maximum absolute atomic E-state index is 11.9. The van der Waals surface area contributed by atoms with Gasteiger partial charge in [0.15, 0.2) is 0 Å². The maximum Gasteiger partial charge on any atom is 0.270 e. The third-order valence-electron chi connectivity index (χ3n) is 3.30. The van der Waals surface area contributed by atoms with E-state index in [-0.39, 0.29) is 5.56 Å². The Kier molecular flexibility index (Phi) is 3.60. The summed E-state index contributed by atoms with van der Waals surface area (Å²) in [6.45, 7) is 4.15. The molecule has 0 bridgehead atoms. The normalized spacial score (nSPS) is 17.5. The van der Waals surface area contributed by atoms with E-state index in [1.54, 1.807) is 11.6 Å². The molecule has 94 valence electrons. The molecule has 5 nitrogen and oxygen atoms in total. The number of hydrogen-bond acceptors (Lipinski definition) is 4. The van der Waals surface area contributed by atoms with Gasteiger partial charge in [-0.3, -0.25) is 9.36 Å². The second kappa shape index (κ2) is 4.83. The third-order valence-corrected chi connectivity index (χ3v) is 4.32. The zero-order chi connectivity index (χ0) is 12.6. The van der Waals surface area contributed by atoms with Crippen LogP contribution in [0.15, 0.2) is 4.79 Å². The molecule has 17 heavy (non-hydrogen) atoms. The molecule has 0 saturated carbocycles. The Balaban J connectivity index is 2.36. The van der Waals surface area contributed by atoms with Crippen LogP contribution in [0.25, 0.3) is 0 Å². The highest BCUT2D eigenvalue weighted by Crippen LogP contribution is 2.21. The lowest BCUT2D eigenvalue weighted by Gasteiger charge is -2.32. The summed E-state index contributed by atoms with van der Waals surface area (Å²) in [5, 5.41) is 0. The van der Waals surface area contributed by atoms with E-state index in [9.17, 15) is 4.79 Å². The van der Waals surface area contributed by atoms with Crippen molar-refractivity contribution < 1.29 is 0 Å². The molecule has 2 N–H and O–H groups in total. The topological polar surface area (TPSA) is 64.2 Å². The minimum absolute atomic E-state index is 0.0632. The van der Waals surface area contributed by atoms with Crippen LogP contribution in [0.1, 0.15) is 19.8 Å². The van der Waals surface area contributed by atoms with E-state index in [2.05, 4.69) is 16.8 Å². The monoisotopic (exact) mass is 348 g/mol. The van der Waals surface area contributed by atoms with Gasteiger partial charge < -0.3 is 10.6 Å². The molecular formula is C11H17IN4O. The highest BCUT2D eigenvalue weighted by molar-refractivity contribution is 14.1. The Morgan fingerprint density at radius 1 is 1.41 bits per heavy atom. The molecule has 1 fully saturated rings. The van der Waals surface area contributed by atoms with Crippen LogP contribution >= 0.6 is 22.6 Å². The Labute approximate surface area is 114 Å². The first-order chi connectivity index (χ1) is 8.00. The van der Waals surface area contributed by atoms with Crippen LogP contribution in [0.2, 0.25) is 0 Å². The van der Waals surface area contributed by atoms with E-state index < -0.39 is 0 Å². The van der Waals surface area contributed by atoms with E-state index >= 15 is 0 Å². The van der Waals surface area contributed by atoms with Crippen LogP contribution in [0.3, 0.4) is 0 Å². The summed E-state index contributed by atoms with van der Waals surface area (Å²) in [6.07, 6.45) is 2.28. The minimum Gasteiger partial charge on any atom is -0.383 e. The molecule has 1 aromatic rings. The minimum atomic E-state index is -0.0632. The third kappa shape index (κ3) is 2.41. The molecule has 1 aliphatic heterocycles. The number of hydrogen-bond donors (Lipinski definition) is 1. The molecule has 1 saturated heterocycles. The zero-order valence-corrected chi connectivity index (χ0v) is 12.3. The first kappa shape index (κ1) is 12.7. The summed E-state index contributed by atoms with van der Waals surface area (Å²) in [7, 11) is 1.75. The number of nitrogens with two attached hydrogens (primary N) is 1. The van der Waals surface area contributed by atoms with Crippen molar-refractivity contribution in [1.82, 2.24) is 9.55 Å². The van der Waals surface area contributed by atoms with Gasteiger partial charge >= 0.3 is 0 Å². The summed E-state index contributed by atoms with van der Waals surface area (Å²) in [6, 6.07) is 0. The molecule has 0 aromatic carbocycles. The highest BCUT2D eigenvalue weighted by atomic mass is 127. The quantitative estimate of drug-likeness (QED) is 0.775. The predicted molar refractivity (Wildman–Crippen MR) is 77.2 cm³/mol. The molecule has 1 aliphatic rings. The Morgan fingerprint density at radius 3 is 2.59 bits per heavy atom. The van der Waals surface area contributed by atoms with E-state index in [1.165, 1.54) is 0 Å². The molecule has 0 radical (unpaired) electrons. The molecule has 0 aliphatic carbocycles. The Morgan fingerprint density at radius 2 is 2.00 bits per heavy atom. The van der Waals surface area contributed by atoms with Crippen LogP contribution < -0.4 is 16.2 Å². The van der Waals surface area contributed by atoms with E-state index in [0.717, 1.165) is 31.8 Å². The van der Waals surface area contributed by atoms with Crippen molar-refractivity contribution in [3.8, 4) is 0 Å². The predicted octanol–water partition coefficient (Wildman–Crippen LogP) is 1.20. The standard InChI is InChI=1S/C11H17IN4O/c1-7-3-5-16(6-4-7)11-14-9(13)8(12)10(17)15(11)2/h7H,3-6,13H2,1-2H3. The van der Waals surface area contributed by atoms with E-state index in [4.69, 9.17) is 5.73 Å². The summed E-state index contributed by atoms with van der Waals surface area (Å²) >= 11 is 1.95. The van der Waals surface area contributed by atoms with Crippen molar-refractivity contribution in [2.24, 2.45) is 13.0 Å². The molecule has 0 atom stereocenters. The van der Waals surface area contributed by atoms with Crippen molar-refractivity contribution >= 4 is 34.4 Å². The van der Waals surface area contributed by atoms with Gasteiger partial charge in [0.1, 0.15) is 9.39 Å². The Hall–Kier alpha value is -0.790. The van der Waals surface area contributed by atoms with E-state index in [1.807, 2.05) is 22.6 Å². The average Bonchev–Trinajstić information content (AvgIpc) is 2.32. The van der Waals surface area contributed by atoms with Gasteiger partial charge in [-0.05, 0) is 41.4 Å². The summed E-state index contributed by atoms with van der Waals surface area (Å²) < 4.78 is 2.09. The van der Waals surface area contributed by atoms with Gasteiger partial charge in [0.05, 0.1) is 0 Å². The van der Waals surface area contributed by atoms with Gasteiger partial charge in [-0.15, -0.1) is 0 Å². The SMILES string of the molecule is CC1CCN(c2nc(N)c(I)c(=O)n2C)CC1. The summed E-state index contributed by atoms with van der Waals surface area (Å²) in [5.41, 5.74) is 5.70. The molecule has 0 spiro atoms. The molecule has 1 aromatic heterocycles. The maximum atomic E-state index is 11.9. The van der Waals surface area contributed by atoms with Crippen molar-refractivity contribution in [2.45, 2.75) is 19.8 Å². The fourth-order valence-electron chi connectivity index (χ4n) is 2.07. The molecule has 0 amide bonds. The molecule has 0 unspecified atom stereocenters. The fourth-order valence-corrected chi connectivity index (χ4v) is 2.55. The lowest BCUT2D eigenvalue weighted by atomic mass is 10.00. The van der Waals surface area contributed by atoms with Crippen molar-refractivity contribution in [3.63, 3.8) is 0 Å². The number of anilines is 2. The van der Waals surface area contributed by atoms with Crippen molar-refractivity contribution in [2.75, 3.05) is 23.7 Å². The van der Waals surface area contributed by atoms with Crippen molar-refractivity contribution in [1.29, 1.82) is 0 Å². The smallest absolute Gasteiger partial charge is 0.270 e. The van der Waals surface area contributed by atoms with Crippen LogP contribution in [0.4, 0.5) is 11.8 Å². The molecule has 6 heteroatoms. The average molecular weight is 348 g/mol. The van der Waals surface area contributed by atoms with Crippen molar-refractivity contribution in [3.05, 3.63) is 13.9 Å². The zero-order valence-electron chi connectivity index (χ0n) is 10.1. The highest BCUT2D eigenvalue weighted by Gasteiger charge is 2.20. The first-order valence-electron chi connectivity index (χ1n) is 5.77. The molecule has 2 heterocycles. The number of piperidine rings is 1. The van der Waals surface area contributed by atoms with Gasteiger partial charge in [0.2, 0.25) is 5.95 Å².